The fraction of sp³-hybridized carbons (Fsp3) is 0.154. The lowest BCUT2D eigenvalue weighted by Crippen LogP contribution is -2.31. The van der Waals surface area contributed by atoms with Crippen LogP contribution in [0.2, 0.25) is 0 Å². The molecule has 0 saturated heterocycles. The number of hydrogen-bond acceptors (Lipinski definition) is 2. The average Bonchev–Trinajstić information content (AvgIpc) is 3.40. The SMILES string of the molecule is Cc1cccc(N(c2cccc(C)c2)c2c3ccccc3c(N3c4ccccc4C(C)(C)c4cc5c(cc43)C(C)(C)c3ccccc3-5)c3ccccc23)c1. The summed E-state index contributed by atoms with van der Waals surface area (Å²) in [7, 11) is 0. The van der Waals surface area contributed by atoms with Gasteiger partial charge in [-0.25, -0.2) is 0 Å². The van der Waals surface area contributed by atoms with Crippen molar-refractivity contribution in [2.75, 3.05) is 9.80 Å². The van der Waals surface area contributed by atoms with Gasteiger partial charge in [0.15, 0.2) is 0 Å². The van der Waals surface area contributed by atoms with Crippen LogP contribution in [-0.2, 0) is 10.8 Å². The number of aryl methyl sites for hydroxylation is 2. The molecular formula is C52H44N2. The van der Waals surface area contributed by atoms with Gasteiger partial charge in [-0.2, -0.15) is 0 Å². The highest BCUT2D eigenvalue weighted by atomic mass is 15.2. The molecule has 0 spiro atoms. The van der Waals surface area contributed by atoms with E-state index < -0.39 is 0 Å². The van der Waals surface area contributed by atoms with Crippen molar-refractivity contribution in [3.8, 4) is 11.1 Å². The molecule has 0 aromatic heterocycles. The quantitative estimate of drug-likeness (QED) is 0.169. The van der Waals surface area contributed by atoms with E-state index in [1.807, 2.05) is 0 Å². The second kappa shape index (κ2) is 11.7. The van der Waals surface area contributed by atoms with E-state index >= 15 is 0 Å². The monoisotopic (exact) mass is 696 g/mol. The molecule has 0 amide bonds. The molecule has 8 aromatic carbocycles. The Morgan fingerprint density at radius 1 is 0.407 bits per heavy atom. The highest BCUT2D eigenvalue weighted by Gasteiger charge is 2.43. The van der Waals surface area contributed by atoms with Crippen molar-refractivity contribution in [1.29, 1.82) is 0 Å². The molecule has 1 aliphatic carbocycles. The second-order valence-electron chi connectivity index (χ2n) is 16.4. The fourth-order valence-corrected chi connectivity index (χ4v) is 9.64. The highest BCUT2D eigenvalue weighted by molar-refractivity contribution is 6.23. The van der Waals surface area contributed by atoms with Gasteiger partial charge in [-0.05, 0) is 101 Å². The van der Waals surface area contributed by atoms with Crippen molar-refractivity contribution >= 4 is 55.7 Å². The van der Waals surface area contributed by atoms with Crippen LogP contribution in [0.5, 0.6) is 0 Å². The third-order valence-electron chi connectivity index (χ3n) is 12.3. The standard InChI is InChI=1S/C52H44N2/c1-33-17-15-19-35(29-33)53(36-20-16-18-34(2)30-36)49-38-22-7-9-24-40(38)50(41-25-10-8-23-39(41)49)54-47-28-14-13-27-44(47)52(5,6)46-31-42-37-21-11-12-26-43(37)51(3,4)45(42)32-48(46)54/h7-32H,1-6H3. The molecule has 1 heterocycles. The van der Waals surface area contributed by atoms with Gasteiger partial charge in [-0.3, -0.25) is 0 Å². The molecule has 8 aromatic rings. The van der Waals surface area contributed by atoms with E-state index in [1.54, 1.807) is 0 Å². The first-order chi connectivity index (χ1) is 26.1. The first kappa shape index (κ1) is 32.5. The Labute approximate surface area is 319 Å². The number of para-hydroxylation sites is 1. The van der Waals surface area contributed by atoms with Gasteiger partial charge in [0.2, 0.25) is 0 Å². The Balaban J connectivity index is 1.33. The van der Waals surface area contributed by atoms with Crippen molar-refractivity contribution in [1.82, 2.24) is 0 Å². The van der Waals surface area contributed by atoms with Crippen LogP contribution in [0.25, 0.3) is 32.7 Å². The fourth-order valence-electron chi connectivity index (χ4n) is 9.64. The lowest BCUT2D eigenvalue weighted by atomic mass is 9.71. The van der Waals surface area contributed by atoms with Crippen LogP contribution in [0.1, 0.15) is 61.1 Å². The van der Waals surface area contributed by atoms with Crippen molar-refractivity contribution in [3.63, 3.8) is 0 Å². The van der Waals surface area contributed by atoms with Gasteiger partial charge in [0, 0.05) is 43.7 Å². The zero-order valence-corrected chi connectivity index (χ0v) is 31.9. The van der Waals surface area contributed by atoms with Crippen molar-refractivity contribution in [3.05, 3.63) is 191 Å². The third kappa shape index (κ3) is 4.59. The van der Waals surface area contributed by atoms with Crippen molar-refractivity contribution in [2.45, 2.75) is 52.4 Å². The zero-order chi connectivity index (χ0) is 36.9. The van der Waals surface area contributed by atoms with Gasteiger partial charge in [-0.1, -0.05) is 143 Å². The van der Waals surface area contributed by atoms with Crippen LogP contribution in [0, 0.1) is 13.8 Å². The molecule has 0 N–H and O–H groups in total. The van der Waals surface area contributed by atoms with Gasteiger partial charge in [0.25, 0.3) is 0 Å². The minimum atomic E-state index is -0.210. The lowest BCUT2D eigenvalue weighted by molar-refractivity contribution is 0.627. The molecule has 0 radical (unpaired) electrons. The second-order valence-corrected chi connectivity index (χ2v) is 16.4. The Morgan fingerprint density at radius 2 is 0.926 bits per heavy atom. The number of anilines is 6. The first-order valence-corrected chi connectivity index (χ1v) is 19.2. The topological polar surface area (TPSA) is 6.48 Å². The van der Waals surface area contributed by atoms with Crippen molar-refractivity contribution in [2.24, 2.45) is 0 Å². The molecule has 0 atom stereocenters. The third-order valence-corrected chi connectivity index (χ3v) is 12.3. The van der Waals surface area contributed by atoms with Gasteiger partial charge in [0.1, 0.15) is 0 Å². The molecule has 0 bridgehead atoms. The molecule has 0 unspecified atom stereocenters. The Bertz CT molecular complexity index is 2720. The number of fused-ring (bicyclic) bond motifs is 7. The highest BCUT2D eigenvalue weighted by Crippen LogP contribution is 2.60. The summed E-state index contributed by atoms with van der Waals surface area (Å²) in [6.45, 7) is 14.0. The Morgan fingerprint density at radius 3 is 1.54 bits per heavy atom. The first-order valence-electron chi connectivity index (χ1n) is 19.2. The minimum Gasteiger partial charge on any atom is -0.309 e. The van der Waals surface area contributed by atoms with E-state index in [-0.39, 0.29) is 10.8 Å². The summed E-state index contributed by atoms with van der Waals surface area (Å²) in [5, 5.41) is 4.87. The molecule has 2 aliphatic rings. The van der Waals surface area contributed by atoms with E-state index in [0.717, 1.165) is 11.4 Å². The van der Waals surface area contributed by atoms with E-state index in [0.29, 0.717) is 0 Å². The Kier molecular flexibility index (Phi) is 7.04. The molecule has 2 heteroatoms. The summed E-state index contributed by atoms with van der Waals surface area (Å²) < 4.78 is 0. The molecular weight excluding hydrogens is 653 g/mol. The smallest absolute Gasteiger partial charge is 0.0620 e. The molecule has 262 valence electrons. The molecule has 2 nitrogen and oxygen atoms in total. The average molecular weight is 697 g/mol. The summed E-state index contributed by atoms with van der Waals surface area (Å²) in [4.78, 5) is 5.08. The molecule has 10 rings (SSSR count). The molecule has 1 aliphatic heterocycles. The minimum absolute atomic E-state index is 0.121. The summed E-state index contributed by atoms with van der Waals surface area (Å²) in [5.74, 6) is 0. The van der Waals surface area contributed by atoms with Crippen LogP contribution < -0.4 is 9.80 Å². The maximum absolute atomic E-state index is 2.60. The maximum atomic E-state index is 2.60. The van der Waals surface area contributed by atoms with Crippen molar-refractivity contribution < 1.29 is 0 Å². The molecule has 54 heavy (non-hydrogen) atoms. The summed E-state index contributed by atoms with van der Waals surface area (Å²) in [6.07, 6.45) is 0. The van der Waals surface area contributed by atoms with Gasteiger partial charge in [-0.15, -0.1) is 0 Å². The van der Waals surface area contributed by atoms with E-state index in [2.05, 4.69) is 209 Å². The van der Waals surface area contributed by atoms with Gasteiger partial charge in [0.05, 0.1) is 22.7 Å². The number of nitrogens with zero attached hydrogens (tertiary/aromatic N) is 2. The Hall–Kier alpha value is -6.12. The molecule has 0 saturated carbocycles. The summed E-state index contributed by atoms with van der Waals surface area (Å²) >= 11 is 0. The van der Waals surface area contributed by atoms with E-state index in [4.69, 9.17) is 0 Å². The number of rotatable bonds is 4. The van der Waals surface area contributed by atoms with Crippen LogP contribution in [0.15, 0.2) is 158 Å². The van der Waals surface area contributed by atoms with E-state index in [9.17, 15) is 0 Å². The normalized spacial score (nSPS) is 14.7. The lowest BCUT2D eigenvalue weighted by Gasteiger charge is -2.43. The largest absolute Gasteiger partial charge is 0.309 e. The van der Waals surface area contributed by atoms with Crippen LogP contribution in [0.4, 0.5) is 34.1 Å². The zero-order valence-electron chi connectivity index (χ0n) is 31.9. The van der Waals surface area contributed by atoms with E-state index in [1.165, 1.54) is 88.8 Å². The van der Waals surface area contributed by atoms with Crippen LogP contribution in [-0.4, -0.2) is 0 Å². The summed E-state index contributed by atoms with van der Waals surface area (Å²) in [5.41, 5.74) is 17.5. The number of benzene rings is 8. The van der Waals surface area contributed by atoms with Crippen LogP contribution in [0.3, 0.4) is 0 Å². The van der Waals surface area contributed by atoms with Crippen LogP contribution >= 0.6 is 0 Å². The predicted octanol–water partition coefficient (Wildman–Crippen LogP) is 14.5. The maximum Gasteiger partial charge on any atom is 0.0620 e. The summed E-state index contributed by atoms with van der Waals surface area (Å²) in [6, 6.07) is 59.1. The predicted molar refractivity (Wildman–Crippen MR) is 230 cm³/mol. The van der Waals surface area contributed by atoms with Gasteiger partial charge < -0.3 is 9.80 Å². The number of hydrogen-bond donors (Lipinski definition) is 0. The van der Waals surface area contributed by atoms with Gasteiger partial charge >= 0.3 is 0 Å². The molecule has 0 fully saturated rings.